The Morgan fingerprint density at radius 2 is 1.89 bits per heavy atom. The van der Waals surface area contributed by atoms with Crippen LogP contribution in [0.15, 0.2) is 24.3 Å². The van der Waals surface area contributed by atoms with Crippen LogP contribution in [0.4, 0.5) is 0 Å². The second-order valence-electron chi connectivity index (χ2n) is 5.32. The largest absolute Gasteiger partial charge is 0.490 e. The lowest BCUT2D eigenvalue weighted by molar-refractivity contribution is 0.0970. The van der Waals surface area contributed by atoms with E-state index < -0.39 is 0 Å². The van der Waals surface area contributed by atoms with E-state index in [2.05, 4.69) is 24.3 Å². The Morgan fingerprint density at radius 3 is 2.58 bits per heavy atom. The summed E-state index contributed by atoms with van der Waals surface area (Å²) in [6.07, 6.45) is 6.13. The molecule has 2 unspecified atom stereocenters. The molecule has 2 N–H and O–H groups in total. The fourth-order valence-electron chi connectivity index (χ4n) is 2.73. The molecule has 1 aromatic rings. The van der Waals surface area contributed by atoms with E-state index in [0.717, 1.165) is 31.7 Å². The summed E-state index contributed by atoms with van der Waals surface area (Å²) in [4.78, 5) is 0. The van der Waals surface area contributed by atoms with Gasteiger partial charge in [0.25, 0.3) is 0 Å². The Morgan fingerprint density at radius 1 is 1.16 bits per heavy atom. The van der Waals surface area contributed by atoms with Crippen molar-refractivity contribution in [3.8, 4) is 5.75 Å². The molecule has 3 heteroatoms. The van der Waals surface area contributed by atoms with Crippen LogP contribution in [-0.2, 0) is 11.2 Å². The summed E-state index contributed by atoms with van der Waals surface area (Å²) in [6.45, 7) is 1.49. The van der Waals surface area contributed by atoms with E-state index in [1.165, 1.54) is 24.8 Å². The molecule has 0 amide bonds. The van der Waals surface area contributed by atoms with E-state index in [1.54, 1.807) is 7.11 Å². The summed E-state index contributed by atoms with van der Waals surface area (Å²) in [6, 6.07) is 8.36. The maximum atomic E-state index is 6.11. The summed E-state index contributed by atoms with van der Waals surface area (Å²) in [7, 11) is 1.73. The molecule has 0 aliphatic heterocycles. The second kappa shape index (κ2) is 7.51. The van der Waals surface area contributed by atoms with Crippen molar-refractivity contribution in [3.63, 3.8) is 0 Å². The molecule has 1 aliphatic carbocycles. The van der Waals surface area contributed by atoms with E-state index in [0.29, 0.717) is 12.0 Å². The van der Waals surface area contributed by atoms with Gasteiger partial charge in [-0.05, 0) is 49.9 Å². The van der Waals surface area contributed by atoms with Gasteiger partial charge in [0.2, 0.25) is 0 Å². The number of ether oxygens (including phenoxy) is 2. The zero-order valence-electron chi connectivity index (χ0n) is 11.8. The van der Waals surface area contributed by atoms with E-state index in [-0.39, 0.29) is 0 Å². The van der Waals surface area contributed by atoms with Gasteiger partial charge >= 0.3 is 0 Å². The number of benzene rings is 1. The third kappa shape index (κ3) is 4.22. The van der Waals surface area contributed by atoms with E-state index >= 15 is 0 Å². The summed E-state index contributed by atoms with van der Waals surface area (Å²) >= 11 is 0. The zero-order valence-corrected chi connectivity index (χ0v) is 11.8. The van der Waals surface area contributed by atoms with Crippen molar-refractivity contribution in [1.82, 2.24) is 0 Å². The van der Waals surface area contributed by atoms with Crippen molar-refractivity contribution in [1.29, 1.82) is 0 Å². The summed E-state index contributed by atoms with van der Waals surface area (Å²) in [5.41, 5.74) is 7.12. The van der Waals surface area contributed by atoms with Crippen LogP contribution in [0.1, 0.15) is 31.2 Å². The van der Waals surface area contributed by atoms with Gasteiger partial charge in [0.15, 0.2) is 0 Å². The normalized spacial score (nSPS) is 23.3. The van der Waals surface area contributed by atoms with Gasteiger partial charge in [0, 0.05) is 13.0 Å². The smallest absolute Gasteiger partial charge is 0.119 e. The van der Waals surface area contributed by atoms with E-state index in [1.807, 2.05) is 0 Å². The molecule has 2 atom stereocenters. The standard InChI is InChI=1S/C16H25NO2/c1-18-11-10-13-6-8-15(9-7-13)19-16-5-3-2-4-14(16)12-17/h6-9,14,16H,2-5,10-12,17H2,1H3. The minimum Gasteiger partial charge on any atom is -0.490 e. The predicted molar refractivity (Wildman–Crippen MR) is 77.5 cm³/mol. The monoisotopic (exact) mass is 263 g/mol. The van der Waals surface area contributed by atoms with Crippen molar-refractivity contribution >= 4 is 0 Å². The number of hydrogen-bond acceptors (Lipinski definition) is 3. The fraction of sp³-hybridized carbons (Fsp3) is 0.625. The third-order valence-electron chi connectivity index (χ3n) is 3.95. The summed E-state index contributed by atoms with van der Waals surface area (Å²) in [5, 5.41) is 0. The van der Waals surface area contributed by atoms with Crippen LogP contribution >= 0.6 is 0 Å². The van der Waals surface area contributed by atoms with Crippen LogP contribution in [0.2, 0.25) is 0 Å². The number of methoxy groups -OCH3 is 1. The van der Waals surface area contributed by atoms with E-state index in [9.17, 15) is 0 Å². The number of rotatable bonds is 6. The third-order valence-corrected chi connectivity index (χ3v) is 3.95. The number of nitrogens with two attached hydrogens (primary N) is 1. The molecule has 2 rings (SSSR count). The molecule has 1 fully saturated rings. The maximum Gasteiger partial charge on any atom is 0.119 e. The van der Waals surface area contributed by atoms with Crippen molar-refractivity contribution in [2.24, 2.45) is 11.7 Å². The molecule has 1 saturated carbocycles. The first-order valence-corrected chi connectivity index (χ1v) is 7.28. The minimum atomic E-state index is 0.295. The van der Waals surface area contributed by atoms with Crippen molar-refractivity contribution in [2.45, 2.75) is 38.2 Å². The van der Waals surface area contributed by atoms with Crippen LogP contribution in [0.5, 0.6) is 5.75 Å². The Balaban J connectivity index is 1.90. The molecule has 1 aliphatic rings. The molecule has 106 valence electrons. The first-order valence-electron chi connectivity index (χ1n) is 7.28. The highest BCUT2D eigenvalue weighted by atomic mass is 16.5. The van der Waals surface area contributed by atoms with Gasteiger partial charge in [-0.15, -0.1) is 0 Å². The molecule has 19 heavy (non-hydrogen) atoms. The van der Waals surface area contributed by atoms with Crippen LogP contribution < -0.4 is 10.5 Å². The number of hydrogen-bond donors (Lipinski definition) is 1. The SMILES string of the molecule is COCCc1ccc(OC2CCCCC2CN)cc1. The lowest BCUT2D eigenvalue weighted by Gasteiger charge is -2.31. The van der Waals surface area contributed by atoms with Gasteiger partial charge < -0.3 is 15.2 Å². The Labute approximate surface area is 116 Å². The van der Waals surface area contributed by atoms with Crippen LogP contribution in [0.3, 0.4) is 0 Å². The van der Waals surface area contributed by atoms with Gasteiger partial charge in [-0.2, -0.15) is 0 Å². The van der Waals surface area contributed by atoms with Crippen LogP contribution in [0.25, 0.3) is 0 Å². The lowest BCUT2D eigenvalue weighted by Crippen LogP contribution is -2.35. The van der Waals surface area contributed by atoms with Crippen LogP contribution in [-0.4, -0.2) is 26.4 Å². The minimum absolute atomic E-state index is 0.295. The lowest BCUT2D eigenvalue weighted by atomic mass is 9.86. The molecule has 1 aromatic carbocycles. The maximum absolute atomic E-state index is 6.11. The quantitative estimate of drug-likeness (QED) is 0.858. The average Bonchev–Trinajstić information content (AvgIpc) is 2.47. The predicted octanol–water partition coefficient (Wildman–Crippen LogP) is 2.77. The van der Waals surface area contributed by atoms with Crippen molar-refractivity contribution in [2.75, 3.05) is 20.3 Å². The molecule has 0 saturated heterocycles. The van der Waals surface area contributed by atoms with Gasteiger partial charge in [0.1, 0.15) is 11.9 Å². The second-order valence-corrected chi connectivity index (χ2v) is 5.32. The first kappa shape index (κ1) is 14.4. The first-order chi connectivity index (χ1) is 9.33. The molecule has 3 nitrogen and oxygen atoms in total. The summed E-state index contributed by atoms with van der Waals surface area (Å²) < 4.78 is 11.2. The Hall–Kier alpha value is -1.06. The molecule has 0 aromatic heterocycles. The molecule has 0 radical (unpaired) electrons. The van der Waals surface area contributed by atoms with Gasteiger partial charge in [0.05, 0.1) is 6.61 Å². The summed E-state index contributed by atoms with van der Waals surface area (Å²) in [5.74, 6) is 1.48. The van der Waals surface area contributed by atoms with Crippen molar-refractivity contribution < 1.29 is 9.47 Å². The highest BCUT2D eigenvalue weighted by molar-refractivity contribution is 5.27. The van der Waals surface area contributed by atoms with Gasteiger partial charge in [-0.3, -0.25) is 0 Å². The molecule has 0 heterocycles. The molecular formula is C16H25NO2. The topological polar surface area (TPSA) is 44.5 Å². The Bertz CT molecular complexity index is 364. The highest BCUT2D eigenvalue weighted by Crippen LogP contribution is 2.28. The fourth-order valence-corrected chi connectivity index (χ4v) is 2.73. The molecular weight excluding hydrogens is 238 g/mol. The Kier molecular flexibility index (Phi) is 5.67. The average molecular weight is 263 g/mol. The van der Waals surface area contributed by atoms with Gasteiger partial charge in [-0.25, -0.2) is 0 Å². The van der Waals surface area contributed by atoms with Crippen molar-refractivity contribution in [3.05, 3.63) is 29.8 Å². The zero-order chi connectivity index (χ0) is 13.5. The highest BCUT2D eigenvalue weighted by Gasteiger charge is 2.25. The molecule has 0 bridgehead atoms. The van der Waals surface area contributed by atoms with Gasteiger partial charge in [-0.1, -0.05) is 18.6 Å². The van der Waals surface area contributed by atoms with E-state index in [4.69, 9.17) is 15.2 Å². The molecule has 0 spiro atoms. The van der Waals surface area contributed by atoms with Crippen LogP contribution in [0, 0.1) is 5.92 Å².